The van der Waals surface area contributed by atoms with Crippen LogP contribution >= 0.6 is 34.8 Å². The number of hydrogen-bond donors (Lipinski definition) is 1. The van der Waals surface area contributed by atoms with Crippen LogP contribution in [0.1, 0.15) is 16.8 Å². The van der Waals surface area contributed by atoms with Gasteiger partial charge in [-0.3, -0.25) is 0 Å². The number of aromatic nitrogens is 2. The molecule has 1 aromatic heterocycles. The monoisotopic (exact) mass is 376 g/mol. The van der Waals surface area contributed by atoms with Crippen LogP contribution in [0, 0.1) is 11.3 Å². The molecule has 7 heteroatoms. The van der Waals surface area contributed by atoms with E-state index in [9.17, 15) is 5.26 Å². The van der Waals surface area contributed by atoms with Gasteiger partial charge in [0.2, 0.25) is 0 Å². The molecular weight excluding hydrogens is 367 g/mol. The van der Waals surface area contributed by atoms with Gasteiger partial charge in [0.15, 0.2) is 0 Å². The highest BCUT2D eigenvalue weighted by Crippen LogP contribution is 2.34. The summed E-state index contributed by atoms with van der Waals surface area (Å²) in [5.74, 6) is 0.189. The third-order valence-electron chi connectivity index (χ3n) is 3.51. The quantitative estimate of drug-likeness (QED) is 0.707. The average Bonchev–Trinajstić information content (AvgIpc) is 2.83. The molecular formula is C17H11Cl3N4. The maximum Gasteiger partial charge on any atom is 0.145 e. The fourth-order valence-electron chi connectivity index (χ4n) is 2.42. The molecule has 0 aliphatic carbocycles. The first-order valence-corrected chi connectivity index (χ1v) is 8.11. The van der Waals surface area contributed by atoms with Gasteiger partial charge in [-0.2, -0.15) is 10.4 Å². The highest BCUT2D eigenvalue weighted by atomic mass is 35.5. The SMILES string of the molecule is N#Cc1c(Cc2ccccc2)nn(-c2c(Cl)cc(Cl)cc2Cl)c1N. The first-order chi connectivity index (χ1) is 11.5. The molecule has 0 saturated carbocycles. The second-order valence-corrected chi connectivity index (χ2v) is 6.36. The fraction of sp³-hybridized carbons (Fsp3) is 0.0588. The van der Waals surface area contributed by atoms with E-state index in [2.05, 4.69) is 11.2 Å². The van der Waals surface area contributed by atoms with E-state index in [0.717, 1.165) is 5.56 Å². The normalized spacial score (nSPS) is 10.6. The molecule has 4 nitrogen and oxygen atoms in total. The summed E-state index contributed by atoms with van der Waals surface area (Å²) < 4.78 is 1.39. The lowest BCUT2D eigenvalue weighted by Crippen LogP contribution is -2.04. The van der Waals surface area contributed by atoms with Crippen molar-refractivity contribution in [1.29, 1.82) is 5.26 Å². The van der Waals surface area contributed by atoms with Gasteiger partial charge in [-0.25, -0.2) is 4.68 Å². The van der Waals surface area contributed by atoms with E-state index in [1.54, 1.807) is 12.1 Å². The molecule has 0 unspecified atom stereocenters. The molecule has 2 aromatic carbocycles. The van der Waals surface area contributed by atoms with Crippen LogP contribution in [0.2, 0.25) is 15.1 Å². The Morgan fingerprint density at radius 1 is 1.08 bits per heavy atom. The van der Waals surface area contributed by atoms with E-state index >= 15 is 0 Å². The Hall–Kier alpha value is -2.19. The molecule has 3 rings (SSSR count). The van der Waals surface area contributed by atoms with Crippen LogP contribution in [-0.4, -0.2) is 9.78 Å². The maximum absolute atomic E-state index is 9.45. The Bertz CT molecular complexity index is 919. The Labute approximate surface area is 154 Å². The van der Waals surface area contributed by atoms with Crippen LogP contribution in [0.5, 0.6) is 0 Å². The van der Waals surface area contributed by atoms with Gasteiger partial charge in [0.25, 0.3) is 0 Å². The number of nitrogen functional groups attached to an aromatic ring is 1. The van der Waals surface area contributed by atoms with Crippen LogP contribution in [0.25, 0.3) is 5.69 Å². The summed E-state index contributed by atoms with van der Waals surface area (Å²) in [6, 6.07) is 14.9. The minimum atomic E-state index is 0.189. The standard InChI is InChI=1S/C17H11Cl3N4/c18-11-7-13(19)16(14(20)8-11)24-17(22)12(9-21)15(23-24)6-10-4-2-1-3-5-10/h1-5,7-8H,6,22H2. The number of rotatable bonds is 3. The largest absolute Gasteiger partial charge is 0.382 e. The van der Waals surface area contributed by atoms with E-state index in [1.165, 1.54) is 4.68 Å². The van der Waals surface area contributed by atoms with Crippen molar-refractivity contribution >= 4 is 40.6 Å². The van der Waals surface area contributed by atoms with Gasteiger partial charge in [-0.05, 0) is 17.7 Å². The summed E-state index contributed by atoms with van der Waals surface area (Å²) in [5.41, 5.74) is 8.39. The lowest BCUT2D eigenvalue weighted by Gasteiger charge is -2.09. The van der Waals surface area contributed by atoms with Crippen LogP contribution < -0.4 is 5.73 Å². The number of halogens is 3. The number of nitriles is 1. The van der Waals surface area contributed by atoms with E-state index in [1.807, 2.05) is 30.3 Å². The Morgan fingerprint density at radius 3 is 2.29 bits per heavy atom. The molecule has 0 aliphatic heterocycles. The number of hydrogen-bond acceptors (Lipinski definition) is 3. The summed E-state index contributed by atoms with van der Waals surface area (Å²) in [5, 5.41) is 14.9. The maximum atomic E-state index is 9.45. The smallest absolute Gasteiger partial charge is 0.145 e. The molecule has 120 valence electrons. The molecule has 0 saturated heterocycles. The summed E-state index contributed by atoms with van der Waals surface area (Å²) in [6.07, 6.45) is 0.476. The first kappa shape index (κ1) is 16.7. The van der Waals surface area contributed by atoms with Crippen molar-refractivity contribution in [1.82, 2.24) is 9.78 Å². The topological polar surface area (TPSA) is 67.6 Å². The Morgan fingerprint density at radius 2 is 1.71 bits per heavy atom. The van der Waals surface area contributed by atoms with E-state index in [-0.39, 0.29) is 5.82 Å². The second kappa shape index (κ2) is 6.74. The lowest BCUT2D eigenvalue weighted by molar-refractivity contribution is 0.856. The van der Waals surface area contributed by atoms with Crippen LogP contribution in [-0.2, 0) is 6.42 Å². The number of nitrogens with zero attached hydrogens (tertiary/aromatic N) is 3. The highest BCUT2D eigenvalue weighted by Gasteiger charge is 2.20. The zero-order valence-electron chi connectivity index (χ0n) is 12.3. The molecule has 0 atom stereocenters. The van der Waals surface area contributed by atoms with Gasteiger partial charge in [0.1, 0.15) is 23.1 Å². The predicted molar refractivity (Wildman–Crippen MR) is 97.0 cm³/mol. The molecule has 0 aliphatic rings. The van der Waals surface area contributed by atoms with Crippen molar-refractivity contribution in [2.24, 2.45) is 0 Å². The molecule has 3 aromatic rings. The van der Waals surface area contributed by atoms with E-state index in [0.29, 0.717) is 38.4 Å². The number of nitrogens with two attached hydrogens (primary N) is 1. The van der Waals surface area contributed by atoms with Crippen molar-refractivity contribution < 1.29 is 0 Å². The zero-order valence-corrected chi connectivity index (χ0v) is 14.6. The third kappa shape index (κ3) is 3.07. The van der Waals surface area contributed by atoms with Gasteiger partial charge in [-0.1, -0.05) is 65.1 Å². The summed E-state index contributed by atoms with van der Waals surface area (Å²) in [4.78, 5) is 0. The predicted octanol–water partition coefficient (Wildman–Crippen LogP) is 4.88. The Kier molecular flexibility index (Phi) is 4.68. The molecule has 0 radical (unpaired) electrons. The minimum absolute atomic E-state index is 0.189. The van der Waals surface area contributed by atoms with Crippen LogP contribution in [0.3, 0.4) is 0 Å². The van der Waals surface area contributed by atoms with E-state index < -0.39 is 0 Å². The van der Waals surface area contributed by atoms with Gasteiger partial charge in [0.05, 0.1) is 15.7 Å². The summed E-state index contributed by atoms with van der Waals surface area (Å²) in [7, 11) is 0. The summed E-state index contributed by atoms with van der Waals surface area (Å²) >= 11 is 18.4. The third-order valence-corrected chi connectivity index (χ3v) is 4.31. The Balaban J connectivity index is 2.13. The molecule has 0 spiro atoms. The molecule has 1 heterocycles. The summed E-state index contributed by atoms with van der Waals surface area (Å²) in [6.45, 7) is 0. The van der Waals surface area contributed by atoms with E-state index in [4.69, 9.17) is 40.5 Å². The number of anilines is 1. The molecule has 0 fully saturated rings. The van der Waals surface area contributed by atoms with Crippen LogP contribution in [0.4, 0.5) is 5.82 Å². The van der Waals surface area contributed by atoms with Gasteiger partial charge < -0.3 is 5.73 Å². The van der Waals surface area contributed by atoms with Gasteiger partial charge in [-0.15, -0.1) is 0 Å². The zero-order chi connectivity index (χ0) is 17.3. The van der Waals surface area contributed by atoms with Crippen molar-refractivity contribution in [3.8, 4) is 11.8 Å². The van der Waals surface area contributed by atoms with Crippen molar-refractivity contribution in [2.75, 3.05) is 5.73 Å². The van der Waals surface area contributed by atoms with Gasteiger partial charge in [0, 0.05) is 11.4 Å². The van der Waals surface area contributed by atoms with Crippen LogP contribution in [0.15, 0.2) is 42.5 Å². The van der Waals surface area contributed by atoms with Crippen molar-refractivity contribution in [2.45, 2.75) is 6.42 Å². The second-order valence-electron chi connectivity index (χ2n) is 5.11. The average molecular weight is 378 g/mol. The van der Waals surface area contributed by atoms with Gasteiger partial charge >= 0.3 is 0 Å². The molecule has 0 bridgehead atoms. The fourth-order valence-corrected chi connectivity index (χ4v) is 3.40. The first-order valence-electron chi connectivity index (χ1n) is 6.97. The van der Waals surface area contributed by atoms with Crippen molar-refractivity contribution in [3.05, 3.63) is 74.4 Å². The molecule has 2 N–H and O–H groups in total. The highest BCUT2D eigenvalue weighted by molar-refractivity contribution is 6.40. The van der Waals surface area contributed by atoms with Crippen molar-refractivity contribution in [3.63, 3.8) is 0 Å². The molecule has 0 amide bonds. The molecule has 24 heavy (non-hydrogen) atoms. The number of benzene rings is 2. The lowest BCUT2D eigenvalue weighted by atomic mass is 10.1. The minimum Gasteiger partial charge on any atom is -0.382 e.